The van der Waals surface area contributed by atoms with Crippen LogP contribution in [0.1, 0.15) is 18.9 Å². The van der Waals surface area contributed by atoms with Crippen LogP contribution in [0.25, 0.3) is 0 Å². The Labute approximate surface area is 85.3 Å². The summed E-state index contributed by atoms with van der Waals surface area (Å²) in [6.07, 6.45) is 1.15. The van der Waals surface area contributed by atoms with Gasteiger partial charge in [-0.2, -0.15) is 0 Å². The molecule has 14 heavy (non-hydrogen) atoms. The average Bonchev–Trinajstić information content (AvgIpc) is 2.46. The second-order valence-electron chi connectivity index (χ2n) is 3.75. The molecule has 0 radical (unpaired) electrons. The number of nitrogens with one attached hydrogen (secondary N) is 1. The summed E-state index contributed by atoms with van der Waals surface area (Å²) in [6.45, 7) is 5.38. The van der Waals surface area contributed by atoms with Gasteiger partial charge in [-0.3, -0.25) is 10.0 Å². The second-order valence-corrected chi connectivity index (χ2v) is 3.75. The molecule has 1 aromatic rings. The van der Waals surface area contributed by atoms with Crippen LogP contribution >= 0.6 is 0 Å². The Morgan fingerprint density at radius 3 is 2.86 bits per heavy atom. The number of aryl methyl sites for hydroxylation is 1. The summed E-state index contributed by atoms with van der Waals surface area (Å²) in [5.74, 6) is 0. The van der Waals surface area contributed by atoms with Crippen molar-refractivity contribution in [3.05, 3.63) is 23.8 Å². The summed E-state index contributed by atoms with van der Waals surface area (Å²) >= 11 is 0. The van der Waals surface area contributed by atoms with Crippen LogP contribution in [0.15, 0.2) is 18.2 Å². The van der Waals surface area contributed by atoms with E-state index in [2.05, 4.69) is 54.6 Å². The number of hydrogen-bond donors (Lipinski definition) is 1. The molecule has 0 spiro atoms. The number of benzene rings is 1. The third-order valence-corrected chi connectivity index (χ3v) is 2.56. The average molecular weight is 191 g/mol. The van der Waals surface area contributed by atoms with E-state index >= 15 is 0 Å². The monoisotopic (exact) mass is 191 g/mol. The second kappa shape index (κ2) is 3.50. The van der Waals surface area contributed by atoms with Gasteiger partial charge in [-0.25, -0.2) is 0 Å². The highest BCUT2D eigenvalue weighted by atomic mass is 15.8. The lowest BCUT2D eigenvalue weighted by Gasteiger charge is -2.19. The molecule has 1 N–H and O–H groups in total. The zero-order valence-electron chi connectivity index (χ0n) is 9.04. The topological polar surface area (TPSA) is 18.5 Å². The van der Waals surface area contributed by atoms with E-state index in [9.17, 15) is 0 Å². The molecule has 0 saturated carbocycles. The minimum absolute atomic E-state index is 1.04. The SMILES string of the molecule is CCCN1NN(C)c2c(C)cccc21. The van der Waals surface area contributed by atoms with Crippen molar-refractivity contribution in [1.82, 2.24) is 5.53 Å². The number of para-hydroxylation sites is 1. The molecule has 3 nitrogen and oxygen atoms in total. The highest BCUT2D eigenvalue weighted by Gasteiger charge is 2.23. The summed E-state index contributed by atoms with van der Waals surface area (Å²) in [5.41, 5.74) is 7.22. The number of nitrogens with zero attached hydrogens (tertiary/aromatic N) is 2. The summed E-state index contributed by atoms with van der Waals surface area (Å²) < 4.78 is 0. The number of hydrazine groups is 2. The molecule has 1 aliphatic heterocycles. The van der Waals surface area contributed by atoms with E-state index in [-0.39, 0.29) is 0 Å². The van der Waals surface area contributed by atoms with Crippen molar-refractivity contribution >= 4 is 11.4 Å². The van der Waals surface area contributed by atoms with Crippen molar-refractivity contribution in [2.45, 2.75) is 20.3 Å². The molecule has 3 heteroatoms. The first-order valence-electron chi connectivity index (χ1n) is 5.11. The van der Waals surface area contributed by atoms with Gasteiger partial charge in [0, 0.05) is 13.6 Å². The highest BCUT2D eigenvalue weighted by molar-refractivity contribution is 5.77. The lowest BCUT2D eigenvalue weighted by molar-refractivity contribution is 0.642. The van der Waals surface area contributed by atoms with Crippen LogP contribution in [0.3, 0.4) is 0 Å². The first kappa shape index (κ1) is 9.34. The molecule has 0 atom stereocenters. The molecular formula is C11H17N3. The Morgan fingerprint density at radius 1 is 1.36 bits per heavy atom. The fraction of sp³-hybridized carbons (Fsp3) is 0.455. The Morgan fingerprint density at radius 2 is 2.14 bits per heavy atom. The predicted octanol–water partition coefficient (Wildman–Crippen LogP) is 2.08. The van der Waals surface area contributed by atoms with Crippen molar-refractivity contribution < 1.29 is 0 Å². The zero-order chi connectivity index (χ0) is 10.1. The molecular weight excluding hydrogens is 174 g/mol. The molecule has 1 aliphatic rings. The molecule has 0 saturated heterocycles. The predicted molar refractivity (Wildman–Crippen MR) is 60.4 cm³/mol. The molecule has 0 aliphatic carbocycles. The van der Waals surface area contributed by atoms with Crippen molar-refractivity contribution in [2.75, 3.05) is 23.6 Å². The fourth-order valence-electron chi connectivity index (χ4n) is 1.98. The smallest absolute Gasteiger partial charge is 0.0811 e. The van der Waals surface area contributed by atoms with Gasteiger partial charge in [-0.15, -0.1) is 5.53 Å². The van der Waals surface area contributed by atoms with Gasteiger partial charge in [0.15, 0.2) is 0 Å². The third-order valence-electron chi connectivity index (χ3n) is 2.56. The Hall–Kier alpha value is -1.22. The van der Waals surface area contributed by atoms with Crippen LogP contribution in [0.5, 0.6) is 0 Å². The lowest BCUT2D eigenvalue weighted by atomic mass is 10.1. The minimum atomic E-state index is 1.04. The minimum Gasteiger partial charge on any atom is -0.291 e. The van der Waals surface area contributed by atoms with E-state index in [1.165, 1.54) is 16.9 Å². The molecule has 76 valence electrons. The Balaban J connectivity index is 2.39. The van der Waals surface area contributed by atoms with E-state index < -0.39 is 0 Å². The van der Waals surface area contributed by atoms with Crippen molar-refractivity contribution in [3.8, 4) is 0 Å². The molecule has 0 unspecified atom stereocenters. The molecule has 1 aromatic carbocycles. The van der Waals surface area contributed by atoms with Crippen LogP contribution in [0.4, 0.5) is 11.4 Å². The van der Waals surface area contributed by atoms with E-state index in [1.807, 2.05) is 0 Å². The van der Waals surface area contributed by atoms with E-state index in [4.69, 9.17) is 0 Å². The molecule has 0 fully saturated rings. The number of fused-ring (bicyclic) bond motifs is 1. The number of rotatable bonds is 2. The van der Waals surface area contributed by atoms with Gasteiger partial charge in [0.05, 0.1) is 11.4 Å². The first-order valence-corrected chi connectivity index (χ1v) is 5.11. The quantitative estimate of drug-likeness (QED) is 0.772. The van der Waals surface area contributed by atoms with Crippen LogP contribution in [-0.4, -0.2) is 13.6 Å². The highest BCUT2D eigenvalue weighted by Crippen LogP contribution is 2.34. The molecule has 0 aromatic heterocycles. The summed E-state index contributed by atoms with van der Waals surface area (Å²) in [6, 6.07) is 6.42. The molecule has 0 bridgehead atoms. The maximum atomic E-state index is 3.33. The van der Waals surface area contributed by atoms with Gasteiger partial charge < -0.3 is 0 Å². The first-order chi connectivity index (χ1) is 6.74. The van der Waals surface area contributed by atoms with Crippen molar-refractivity contribution in [3.63, 3.8) is 0 Å². The Kier molecular flexibility index (Phi) is 2.33. The summed E-state index contributed by atoms with van der Waals surface area (Å²) in [5, 5.41) is 4.28. The maximum absolute atomic E-state index is 3.33. The van der Waals surface area contributed by atoms with Crippen molar-refractivity contribution in [1.29, 1.82) is 0 Å². The van der Waals surface area contributed by atoms with Crippen LogP contribution in [0.2, 0.25) is 0 Å². The zero-order valence-corrected chi connectivity index (χ0v) is 9.04. The lowest BCUT2D eigenvalue weighted by Crippen LogP contribution is -2.42. The molecule has 1 heterocycles. The van der Waals surface area contributed by atoms with Crippen LogP contribution in [-0.2, 0) is 0 Å². The Bertz CT molecular complexity index is 335. The van der Waals surface area contributed by atoms with E-state index in [0.717, 1.165) is 13.0 Å². The normalized spacial score (nSPS) is 14.8. The molecule has 0 amide bonds. The van der Waals surface area contributed by atoms with Gasteiger partial charge in [0.25, 0.3) is 0 Å². The van der Waals surface area contributed by atoms with Gasteiger partial charge >= 0.3 is 0 Å². The van der Waals surface area contributed by atoms with Gasteiger partial charge in [0.2, 0.25) is 0 Å². The maximum Gasteiger partial charge on any atom is 0.0811 e. The third kappa shape index (κ3) is 1.34. The van der Waals surface area contributed by atoms with Gasteiger partial charge in [-0.1, -0.05) is 19.1 Å². The standard InChI is InChI=1S/C11H17N3/c1-4-8-14-10-7-5-6-9(2)11(10)13(3)12-14/h5-7,12H,4,8H2,1-3H3. The fourth-order valence-corrected chi connectivity index (χ4v) is 1.98. The molecule has 2 rings (SSSR count). The summed E-state index contributed by atoms with van der Waals surface area (Å²) in [4.78, 5) is 0. The number of anilines is 2. The van der Waals surface area contributed by atoms with E-state index in [0.29, 0.717) is 0 Å². The van der Waals surface area contributed by atoms with Crippen LogP contribution < -0.4 is 15.6 Å². The number of hydrogen-bond acceptors (Lipinski definition) is 3. The van der Waals surface area contributed by atoms with Gasteiger partial charge in [-0.05, 0) is 25.0 Å². The summed E-state index contributed by atoms with van der Waals surface area (Å²) in [7, 11) is 2.06. The van der Waals surface area contributed by atoms with Crippen LogP contribution in [0, 0.1) is 6.92 Å². The largest absolute Gasteiger partial charge is 0.291 e. The van der Waals surface area contributed by atoms with E-state index in [1.54, 1.807) is 0 Å². The van der Waals surface area contributed by atoms with Crippen molar-refractivity contribution in [2.24, 2.45) is 0 Å². The van der Waals surface area contributed by atoms with Gasteiger partial charge in [0.1, 0.15) is 0 Å².